The summed E-state index contributed by atoms with van der Waals surface area (Å²) in [5.41, 5.74) is 4.52. The first-order valence-electron chi connectivity index (χ1n) is 12.5. The van der Waals surface area contributed by atoms with E-state index in [9.17, 15) is 12.8 Å². The quantitative estimate of drug-likeness (QED) is 0.197. The average molecular weight is 600 g/mol. The van der Waals surface area contributed by atoms with Gasteiger partial charge in [0, 0.05) is 28.9 Å². The SMILES string of the molecule is O=S(=O)(O)CCCn1cc2c(n1)CCc1c-2sc2ncnc(Nc3ccc(OCc4cccc(F)c4)c(Cl)c3)c12. The van der Waals surface area contributed by atoms with Crippen LogP contribution in [0.3, 0.4) is 0 Å². The minimum atomic E-state index is -4.00. The lowest BCUT2D eigenvalue weighted by atomic mass is 9.95. The molecule has 0 aliphatic heterocycles. The van der Waals surface area contributed by atoms with Crippen molar-refractivity contribution in [3.05, 3.63) is 82.6 Å². The van der Waals surface area contributed by atoms with Crippen molar-refractivity contribution in [1.82, 2.24) is 19.7 Å². The third kappa shape index (κ3) is 5.66. The lowest BCUT2D eigenvalue weighted by molar-refractivity contribution is 0.306. The summed E-state index contributed by atoms with van der Waals surface area (Å²) < 4.78 is 52.1. The highest BCUT2D eigenvalue weighted by atomic mass is 35.5. The number of aryl methyl sites for hydroxylation is 3. The highest BCUT2D eigenvalue weighted by Gasteiger charge is 2.26. The summed E-state index contributed by atoms with van der Waals surface area (Å²) in [6.45, 7) is 0.583. The summed E-state index contributed by atoms with van der Waals surface area (Å²) in [6, 6.07) is 11.6. The Morgan fingerprint density at radius 3 is 2.85 bits per heavy atom. The highest BCUT2D eigenvalue weighted by Crippen LogP contribution is 2.45. The van der Waals surface area contributed by atoms with E-state index >= 15 is 0 Å². The molecule has 6 rings (SSSR count). The summed E-state index contributed by atoms with van der Waals surface area (Å²) in [6.07, 6.45) is 5.21. The molecule has 1 aliphatic rings. The van der Waals surface area contributed by atoms with E-state index in [1.807, 2.05) is 12.3 Å². The predicted octanol–water partition coefficient (Wildman–Crippen LogP) is 6.05. The first-order chi connectivity index (χ1) is 19.2. The van der Waals surface area contributed by atoms with Crippen molar-refractivity contribution in [2.75, 3.05) is 11.1 Å². The van der Waals surface area contributed by atoms with Crippen molar-refractivity contribution in [3.8, 4) is 16.2 Å². The average Bonchev–Trinajstić information content (AvgIpc) is 3.49. The Kier molecular flexibility index (Phi) is 7.17. The molecule has 13 heteroatoms. The van der Waals surface area contributed by atoms with E-state index in [0.29, 0.717) is 28.7 Å². The van der Waals surface area contributed by atoms with Gasteiger partial charge in [-0.2, -0.15) is 13.5 Å². The van der Waals surface area contributed by atoms with Gasteiger partial charge in [0.2, 0.25) is 0 Å². The molecule has 2 N–H and O–H groups in total. The van der Waals surface area contributed by atoms with Crippen molar-refractivity contribution in [2.45, 2.75) is 32.4 Å². The Hall–Kier alpha value is -3.58. The van der Waals surface area contributed by atoms with Crippen LogP contribution in [0.15, 0.2) is 55.0 Å². The number of aromatic nitrogens is 4. The second-order valence-electron chi connectivity index (χ2n) is 9.39. The van der Waals surface area contributed by atoms with Crippen molar-refractivity contribution in [2.24, 2.45) is 0 Å². The maximum absolute atomic E-state index is 13.5. The van der Waals surface area contributed by atoms with E-state index in [4.69, 9.17) is 20.9 Å². The number of hydrogen-bond acceptors (Lipinski definition) is 8. The minimum Gasteiger partial charge on any atom is -0.487 e. The molecule has 3 heterocycles. The number of rotatable bonds is 9. The monoisotopic (exact) mass is 599 g/mol. The molecule has 5 aromatic rings. The summed E-state index contributed by atoms with van der Waals surface area (Å²) >= 11 is 8.07. The van der Waals surface area contributed by atoms with E-state index in [0.717, 1.165) is 50.4 Å². The van der Waals surface area contributed by atoms with Crippen molar-refractivity contribution < 1.29 is 22.1 Å². The van der Waals surface area contributed by atoms with Gasteiger partial charge in [0.15, 0.2) is 0 Å². The van der Waals surface area contributed by atoms with Gasteiger partial charge in [-0.3, -0.25) is 9.23 Å². The van der Waals surface area contributed by atoms with Crippen molar-refractivity contribution in [3.63, 3.8) is 0 Å². The van der Waals surface area contributed by atoms with Crippen LogP contribution in [0.1, 0.15) is 23.2 Å². The first kappa shape index (κ1) is 26.6. The van der Waals surface area contributed by atoms with E-state index < -0.39 is 10.1 Å². The molecule has 40 heavy (non-hydrogen) atoms. The van der Waals surface area contributed by atoms with E-state index in [2.05, 4.69) is 20.4 Å². The maximum Gasteiger partial charge on any atom is 0.264 e. The highest BCUT2D eigenvalue weighted by molar-refractivity contribution is 7.85. The summed E-state index contributed by atoms with van der Waals surface area (Å²) in [7, 11) is -4.00. The number of anilines is 2. The van der Waals surface area contributed by atoms with Gasteiger partial charge in [-0.25, -0.2) is 14.4 Å². The molecule has 0 fully saturated rings. The third-order valence-electron chi connectivity index (χ3n) is 6.55. The fourth-order valence-electron chi connectivity index (χ4n) is 4.76. The Bertz CT molecular complexity index is 1840. The smallest absolute Gasteiger partial charge is 0.264 e. The van der Waals surface area contributed by atoms with Crippen LogP contribution in [-0.4, -0.2) is 38.5 Å². The second-order valence-corrected chi connectivity index (χ2v) is 12.4. The molecule has 0 saturated carbocycles. The number of nitrogens with zero attached hydrogens (tertiary/aromatic N) is 4. The van der Waals surface area contributed by atoms with Gasteiger partial charge in [-0.15, -0.1) is 11.3 Å². The molecule has 3 aromatic heterocycles. The zero-order chi connectivity index (χ0) is 27.9. The minimum absolute atomic E-state index is 0.191. The third-order valence-corrected chi connectivity index (χ3v) is 8.82. The van der Waals surface area contributed by atoms with Gasteiger partial charge in [-0.05, 0) is 60.7 Å². The zero-order valence-electron chi connectivity index (χ0n) is 21.0. The van der Waals surface area contributed by atoms with Crippen LogP contribution < -0.4 is 10.1 Å². The van der Waals surface area contributed by atoms with Crippen molar-refractivity contribution >= 4 is 54.8 Å². The van der Waals surface area contributed by atoms with Gasteiger partial charge < -0.3 is 10.1 Å². The molecule has 0 unspecified atom stereocenters. The molecule has 0 radical (unpaired) electrons. The topological polar surface area (TPSA) is 119 Å². The molecule has 0 amide bonds. The fraction of sp³-hybridized carbons (Fsp3) is 0.222. The van der Waals surface area contributed by atoms with E-state index in [1.54, 1.807) is 40.3 Å². The summed E-state index contributed by atoms with van der Waals surface area (Å²) in [5.74, 6) is 0.522. The molecular formula is C27H23ClFN5O4S2. The Balaban J connectivity index is 1.23. The number of nitrogens with one attached hydrogen (secondary N) is 1. The molecule has 206 valence electrons. The number of hydrogen-bond donors (Lipinski definition) is 2. The molecule has 0 atom stereocenters. The molecule has 1 aliphatic carbocycles. The number of halogens is 2. The first-order valence-corrected chi connectivity index (χ1v) is 15.3. The van der Waals surface area contributed by atoms with Crippen LogP contribution in [0.25, 0.3) is 20.7 Å². The van der Waals surface area contributed by atoms with E-state index in [-0.39, 0.29) is 24.6 Å². The Labute approximate surface area is 238 Å². The van der Waals surface area contributed by atoms with Crippen LogP contribution in [0.4, 0.5) is 15.9 Å². The number of fused-ring (bicyclic) bond motifs is 5. The van der Waals surface area contributed by atoms with Gasteiger partial charge in [0.25, 0.3) is 10.1 Å². The molecule has 2 aromatic carbocycles. The van der Waals surface area contributed by atoms with E-state index in [1.165, 1.54) is 18.5 Å². The van der Waals surface area contributed by atoms with Gasteiger partial charge >= 0.3 is 0 Å². The van der Waals surface area contributed by atoms with Crippen molar-refractivity contribution in [1.29, 1.82) is 0 Å². The Morgan fingerprint density at radius 2 is 2.05 bits per heavy atom. The molecule has 0 bridgehead atoms. The van der Waals surface area contributed by atoms with Gasteiger partial charge in [0.1, 0.15) is 35.1 Å². The fourth-order valence-corrected chi connectivity index (χ4v) is 6.72. The lowest BCUT2D eigenvalue weighted by Gasteiger charge is -2.13. The second kappa shape index (κ2) is 10.8. The standard InChI is InChI=1S/C27H23ClFN5O4S2/c28-21-12-18(5-8-23(21)38-14-16-3-1-4-17(29)11-16)32-26-24-19-6-7-22-20(25(19)39-27(24)31-15-30-26)13-34(33-22)9-2-10-40(35,36)37/h1,3-5,8,11-13,15H,2,6-7,9-10,14H2,(H,30,31,32)(H,35,36,37). The molecular weight excluding hydrogens is 577 g/mol. The Morgan fingerprint density at radius 1 is 1.18 bits per heavy atom. The molecule has 0 spiro atoms. The van der Waals surface area contributed by atoms with Gasteiger partial charge in [0.05, 0.1) is 21.9 Å². The number of thiophene rings is 1. The van der Waals surface area contributed by atoms with Crippen LogP contribution in [0.5, 0.6) is 5.75 Å². The van der Waals surface area contributed by atoms with Crippen LogP contribution >= 0.6 is 22.9 Å². The molecule has 0 saturated heterocycles. The predicted molar refractivity (Wildman–Crippen MR) is 153 cm³/mol. The zero-order valence-corrected chi connectivity index (χ0v) is 23.4. The van der Waals surface area contributed by atoms with Crippen LogP contribution in [0, 0.1) is 5.82 Å². The van der Waals surface area contributed by atoms with Gasteiger partial charge in [-0.1, -0.05) is 23.7 Å². The lowest BCUT2D eigenvalue weighted by Crippen LogP contribution is -2.08. The molecule has 9 nitrogen and oxygen atoms in total. The van der Waals surface area contributed by atoms with Crippen LogP contribution in [-0.2, 0) is 36.1 Å². The largest absolute Gasteiger partial charge is 0.487 e. The maximum atomic E-state index is 13.5. The normalized spacial score (nSPS) is 12.8. The summed E-state index contributed by atoms with van der Waals surface area (Å²) in [4.78, 5) is 10.9. The number of ether oxygens (including phenoxy) is 1. The number of benzene rings is 2. The van der Waals surface area contributed by atoms with Crippen LogP contribution in [0.2, 0.25) is 5.02 Å². The summed E-state index contributed by atoms with van der Waals surface area (Å²) in [5, 5.41) is 9.35.